The van der Waals surface area contributed by atoms with Crippen LogP contribution in [0.15, 0.2) is 0 Å². The molecule has 1 fully saturated rings. The van der Waals surface area contributed by atoms with Gasteiger partial charge in [0.15, 0.2) is 0 Å². The van der Waals surface area contributed by atoms with Crippen molar-refractivity contribution in [3.63, 3.8) is 0 Å². The molecule has 0 heterocycles. The van der Waals surface area contributed by atoms with E-state index in [9.17, 15) is 9.59 Å². The average molecular weight is 272 g/mol. The number of amides is 1. The Labute approximate surface area is 113 Å². The van der Waals surface area contributed by atoms with Crippen molar-refractivity contribution >= 4 is 12.1 Å². The first-order chi connectivity index (χ1) is 9.09. The van der Waals surface area contributed by atoms with Gasteiger partial charge in [-0.3, -0.25) is 4.79 Å². The monoisotopic (exact) mass is 272 g/mol. The van der Waals surface area contributed by atoms with Crippen molar-refractivity contribution in [2.24, 2.45) is 5.92 Å². The molecule has 1 aliphatic rings. The highest BCUT2D eigenvalue weighted by Crippen LogP contribution is 2.24. The van der Waals surface area contributed by atoms with Crippen molar-refractivity contribution in [2.45, 2.75) is 38.2 Å². The first-order valence-corrected chi connectivity index (χ1v) is 6.68. The van der Waals surface area contributed by atoms with Gasteiger partial charge in [0.25, 0.3) is 0 Å². The van der Waals surface area contributed by atoms with Crippen LogP contribution in [0.3, 0.4) is 0 Å². The van der Waals surface area contributed by atoms with E-state index in [1.165, 1.54) is 6.42 Å². The molecule has 0 bridgehead atoms. The lowest BCUT2D eigenvalue weighted by molar-refractivity contribution is -0.150. The number of hydrogen-bond donors (Lipinski definition) is 2. The molecule has 2 N–H and O–H groups in total. The molecule has 1 rings (SSSR count). The van der Waals surface area contributed by atoms with Crippen molar-refractivity contribution in [3.05, 3.63) is 6.92 Å². The Morgan fingerprint density at radius 2 is 1.84 bits per heavy atom. The highest BCUT2D eigenvalue weighted by molar-refractivity contribution is 5.72. The van der Waals surface area contributed by atoms with Gasteiger partial charge in [-0.1, -0.05) is 19.3 Å². The zero-order valence-electron chi connectivity index (χ0n) is 11.1. The molecule has 0 aliphatic heterocycles. The quantitative estimate of drug-likeness (QED) is 0.557. The largest absolute Gasteiger partial charge is 0.462 e. The second-order valence-corrected chi connectivity index (χ2v) is 4.67. The lowest BCUT2D eigenvalue weighted by Crippen LogP contribution is -2.32. The molecule has 1 atom stereocenters. The van der Waals surface area contributed by atoms with Gasteiger partial charge < -0.3 is 19.9 Å². The van der Waals surface area contributed by atoms with Gasteiger partial charge in [0, 0.05) is 6.54 Å². The zero-order valence-corrected chi connectivity index (χ0v) is 11.1. The van der Waals surface area contributed by atoms with Crippen LogP contribution in [0.2, 0.25) is 0 Å². The molecular formula is C13H22NO5. The molecule has 0 spiro atoms. The summed E-state index contributed by atoms with van der Waals surface area (Å²) < 4.78 is 9.82. The number of ether oxygens (including phenoxy) is 2. The Morgan fingerprint density at radius 3 is 2.47 bits per heavy atom. The minimum absolute atomic E-state index is 0.00360. The van der Waals surface area contributed by atoms with E-state index in [0.29, 0.717) is 0 Å². The highest BCUT2D eigenvalue weighted by atomic mass is 16.6. The van der Waals surface area contributed by atoms with E-state index in [4.69, 9.17) is 14.6 Å². The minimum Gasteiger partial charge on any atom is -0.462 e. The maximum Gasteiger partial charge on any atom is 0.407 e. The summed E-state index contributed by atoms with van der Waals surface area (Å²) in [4.78, 5) is 22.7. The van der Waals surface area contributed by atoms with E-state index in [1.54, 1.807) is 0 Å². The summed E-state index contributed by atoms with van der Waals surface area (Å²) in [7, 11) is 0. The second kappa shape index (κ2) is 8.74. The number of carbonyl (C=O) groups is 2. The molecule has 0 aromatic carbocycles. The van der Waals surface area contributed by atoms with E-state index < -0.39 is 12.2 Å². The number of hydrogen-bond acceptors (Lipinski definition) is 5. The average Bonchev–Trinajstić information content (AvgIpc) is 2.42. The Kier molecular flexibility index (Phi) is 7.25. The van der Waals surface area contributed by atoms with Crippen LogP contribution in [-0.4, -0.2) is 43.0 Å². The smallest absolute Gasteiger partial charge is 0.407 e. The van der Waals surface area contributed by atoms with Crippen molar-refractivity contribution in [1.29, 1.82) is 0 Å². The van der Waals surface area contributed by atoms with E-state index in [1.807, 2.05) is 0 Å². The molecule has 1 radical (unpaired) electrons. The summed E-state index contributed by atoms with van der Waals surface area (Å²) in [5.74, 6) is -0.194. The molecule has 19 heavy (non-hydrogen) atoms. The van der Waals surface area contributed by atoms with Crippen LogP contribution in [0, 0.1) is 12.8 Å². The maximum atomic E-state index is 11.6. The minimum atomic E-state index is -0.864. The van der Waals surface area contributed by atoms with Crippen molar-refractivity contribution in [2.75, 3.05) is 19.8 Å². The molecule has 1 aliphatic carbocycles. The number of esters is 1. The molecule has 6 heteroatoms. The maximum absolute atomic E-state index is 11.6. The van der Waals surface area contributed by atoms with Gasteiger partial charge in [-0.05, 0) is 19.8 Å². The number of aliphatic hydroxyl groups is 1. The standard InChI is InChI=1S/C13H22NO5/c1-10(15)9-14-13(17)19-8-7-18-12(16)11-5-3-2-4-6-11/h10-11,15H,1-9H2,(H,14,17)/t10-/m1/s1. The van der Waals surface area contributed by atoms with Crippen molar-refractivity contribution < 1.29 is 24.2 Å². The molecule has 0 unspecified atom stereocenters. The molecule has 1 saturated carbocycles. The van der Waals surface area contributed by atoms with Crippen LogP contribution in [-0.2, 0) is 14.3 Å². The molecule has 109 valence electrons. The fraction of sp³-hybridized carbons (Fsp3) is 0.769. The van der Waals surface area contributed by atoms with E-state index in [-0.39, 0.29) is 31.6 Å². The van der Waals surface area contributed by atoms with Gasteiger partial charge in [-0.2, -0.15) is 0 Å². The number of alkyl carbamates (subject to hydrolysis) is 1. The molecular weight excluding hydrogens is 250 g/mol. The number of rotatable bonds is 6. The Morgan fingerprint density at radius 1 is 1.21 bits per heavy atom. The summed E-state index contributed by atoms with van der Waals surface area (Å²) in [6, 6.07) is 0. The molecule has 0 saturated heterocycles. The highest BCUT2D eigenvalue weighted by Gasteiger charge is 2.22. The van der Waals surface area contributed by atoms with Crippen LogP contribution >= 0.6 is 0 Å². The Balaban J connectivity index is 2.03. The number of carbonyl (C=O) groups excluding carboxylic acids is 2. The summed E-state index contributed by atoms with van der Waals surface area (Å²) in [5.41, 5.74) is 0. The fourth-order valence-corrected chi connectivity index (χ4v) is 1.98. The molecule has 1 amide bonds. The predicted molar refractivity (Wildman–Crippen MR) is 68.2 cm³/mol. The summed E-state index contributed by atoms with van der Waals surface area (Å²) >= 11 is 0. The van der Waals surface area contributed by atoms with Crippen molar-refractivity contribution in [3.8, 4) is 0 Å². The number of aliphatic hydroxyl groups excluding tert-OH is 1. The van der Waals surface area contributed by atoms with Crippen LogP contribution in [0.5, 0.6) is 0 Å². The first kappa shape index (κ1) is 15.8. The van der Waals surface area contributed by atoms with Gasteiger partial charge >= 0.3 is 12.1 Å². The summed E-state index contributed by atoms with van der Waals surface area (Å²) in [6.45, 7) is 3.40. The van der Waals surface area contributed by atoms with Crippen LogP contribution in [0.1, 0.15) is 32.1 Å². The van der Waals surface area contributed by atoms with Gasteiger partial charge in [0.1, 0.15) is 13.2 Å². The fourth-order valence-electron chi connectivity index (χ4n) is 1.98. The van der Waals surface area contributed by atoms with E-state index in [2.05, 4.69) is 12.2 Å². The molecule has 6 nitrogen and oxygen atoms in total. The molecule has 0 aromatic heterocycles. The summed E-state index contributed by atoms with van der Waals surface area (Å²) in [6.07, 6.45) is 3.60. The van der Waals surface area contributed by atoms with Gasteiger partial charge in [0.05, 0.1) is 12.0 Å². The van der Waals surface area contributed by atoms with Gasteiger partial charge in [-0.15, -0.1) is 0 Å². The van der Waals surface area contributed by atoms with E-state index >= 15 is 0 Å². The van der Waals surface area contributed by atoms with Crippen LogP contribution in [0.25, 0.3) is 0 Å². The zero-order chi connectivity index (χ0) is 14.1. The van der Waals surface area contributed by atoms with E-state index in [0.717, 1.165) is 25.7 Å². The van der Waals surface area contributed by atoms with Crippen LogP contribution in [0.4, 0.5) is 4.79 Å². The SMILES string of the molecule is [CH2][C@@H](O)CNC(=O)OCCOC(=O)C1CCCCC1. The number of nitrogens with one attached hydrogen (secondary N) is 1. The molecule has 0 aromatic rings. The Hall–Kier alpha value is -1.30. The lowest BCUT2D eigenvalue weighted by Gasteiger charge is -2.19. The van der Waals surface area contributed by atoms with Crippen molar-refractivity contribution in [1.82, 2.24) is 5.32 Å². The topological polar surface area (TPSA) is 84.9 Å². The van der Waals surface area contributed by atoms with Crippen LogP contribution < -0.4 is 5.32 Å². The second-order valence-electron chi connectivity index (χ2n) is 4.67. The van der Waals surface area contributed by atoms with Gasteiger partial charge in [0.2, 0.25) is 0 Å². The first-order valence-electron chi connectivity index (χ1n) is 6.68. The summed E-state index contributed by atoms with van der Waals surface area (Å²) in [5, 5.41) is 11.2. The third-order valence-corrected chi connectivity index (χ3v) is 2.98. The predicted octanol–water partition coefficient (Wildman–Crippen LogP) is 1.03. The third kappa shape index (κ3) is 7.00. The Bertz CT molecular complexity index is 287. The third-order valence-electron chi connectivity index (χ3n) is 2.98. The normalized spacial score (nSPS) is 17.6. The van der Waals surface area contributed by atoms with Gasteiger partial charge in [-0.25, -0.2) is 4.79 Å². The lowest BCUT2D eigenvalue weighted by atomic mass is 9.89.